The molecule has 8 heteroatoms. The minimum atomic E-state index is -0.250. The lowest BCUT2D eigenvalue weighted by Gasteiger charge is -2.43. The van der Waals surface area contributed by atoms with Gasteiger partial charge in [0.25, 0.3) is 6.47 Å². The Balaban J connectivity index is 0.00000101. The molecule has 0 spiro atoms. The molecular weight excluding hydrogens is 386 g/mol. The number of likely N-dealkylation sites (N-methyl/N-ethyl adjacent to an activating group) is 1. The molecule has 2 amide bonds. The maximum Gasteiger partial charge on any atom is 0.290 e. The maximum atomic E-state index is 13.4. The smallest absolute Gasteiger partial charge is 0.290 e. The number of carbonyl (C=O) groups is 3. The molecule has 3 rings (SSSR count). The summed E-state index contributed by atoms with van der Waals surface area (Å²) in [6, 6.07) is 7.59. The topological polar surface area (TPSA) is 90.4 Å². The molecule has 30 heavy (non-hydrogen) atoms. The average Bonchev–Trinajstić information content (AvgIpc) is 2.79. The lowest BCUT2D eigenvalue weighted by molar-refractivity contribution is -0.149. The third kappa shape index (κ3) is 5.50. The summed E-state index contributed by atoms with van der Waals surface area (Å²) in [6.07, 6.45) is 1.07. The van der Waals surface area contributed by atoms with Crippen LogP contribution in [-0.4, -0.2) is 84.5 Å². The number of rotatable bonds is 5. The molecule has 2 aliphatic heterocycles. The van der Waals surface area contributed by atoms with E-state index in [-0.39, 0.29) is 30.2 Å². The van der Waals surface area contributed by atoms with Crippen LogP contribution in [0.2, 0.25) is 0 Å². The van der Waals surface area contributed by atoms with Gasteiger partial charge in [0.15, 0.2) is 0 Å². The van der Waals surface area contributed by atoms with E-state index in [1.165, 1.54) is 0 Å². The van der Waals surface area contributed by atoms with E-state index in [1.54, 1.807) is 7.11 Å². The highest BCUT2D eigenvalue weighted by molar-refractivity contribution is 5.85. The minimum absolute atomic E-state index is 0.137. The van der Waals surface area contributed by atoms with Gasteiger partial charge in [0.1, 0.15) is 5.75 Å². The monoisotopic (exact) mass is 419 g/mol. The Morgan fingerprint density at radius 2 is 1.73 bits per heavy atom. The number of amides is 2. The van der Waals surface area contributed by atoms with E-state index in [0.717, 1.165) is 44.0 Å². The third-order valence-corrected chi connectivity index (χ3v) is 5.95. The molecular formula is C22H33N3O5. The number of piperazine rings is 1. The highest BCUT2D eigenvalue weighted by Gasteiger charge is 2.41. The molecule has 166 valence electrons. The second kappa shape index (κ2) is 11.5. The van der Waals surface area contributed by atoms with Crippen LogP contribution >= 0.6 is 0 Å². The Morgan fingerprint density at radius 3 is 2.23 bits per heavy atom. The molecule has 2 saturated heterocycles. The molecule has 1 aromatic carbocycles. The largest absolute Gasteiger partial charge is 0.497 e. The third-order valence-electron chi connectivity index (χ3n) is 5.95. The zero-order valence-electron chi connectivity index (χ0n) is 18.1. The maximum absolute atomic E-state index is 13.4. The van der Waals surface area contributed by atoms with Crippen molar-refractivity contribution >= 4 is 18.3 Å². The quantitative estimate of drug-likeness (QED) is 0.733. The molecule has 2 atom stereocenters. The molecule has 8 nitrogen and oxygen atoms in total. The lowest BCUT2D eigenvalue weighted by Crippen LogP contribution is -2.53. The summed E-state index contributed by atoms with van der Waals surface area (Å²) in [7, 11) is 1.64. The van der Waals surface area contributed by atoms with Crippen molar-refractivity contribution in [1.82, 2.24) is 14.7 Å². The Kier molecular flexibility index (Phi) is 9.11. The zero-order valence-corrected chi connectivity index (χ0v) is 18.1. The SMILES string of the molecule is CCN1CCN(C(=O)[C@@H]2CCC(=O)N(CC)[C@H]2c2ccc(OC)cc2)CC1.O=CO. The van der Waals surface area contributed by atoms with Gasteiger partial charge in [0, 0.05) is 39.1 Å². The predicted octanol–water partition coefficient (Wildman–Crippen LogP) is 1.86. The fourth-order valence-corrected chi connectivity index (χ4v) is 4.32. The number of methoxy groups -OCH3 is 1. The van der Waals surface area contributed by atoms with E-state index in [1.807, 2.05) is 41.0 Å². The van der Waals surface area contributed by atoms with Crippen LogP contribution in [-0.2, 0) is 14.4 Å². The van der Waals surface area contributed by atoms with Crippen molar-refractivity contribution in [1.29, 1.82) is 0 Å². The van der Waals surface area contributed by atoms with Crippen molar-refractivity contribution in [2.75, 3.05) is 46.4 Å². The number of carbonyl (C=O) groups excluding carboxylic acids is 2. The first-order valence-electron chi connectivity index (χ1n) is 10.5. The van der Waals surface area contributed by atoms with Crippen LogP contribution < -0.4 is 4.74 Å². The molecule has 2 aliphatic rings. The van der Waals surface area contributed by atoms with Gasteiger partial charge in [-0.3, -0.25) is 14.4 Å². The number of nitrogens with zero attached hydrogens (tertiary/aromatic N) is 3. The van der Waals surface area contributed by atoms with Crippen LogP contribution in [0.25, 0.3) is 0 Å². The van der Waals surface area contributed by atoms with E-state index < -0.39 is 0 Å². The second-order valence-electron chi connectivity index (χ2n) is 7.41. The molecule has 1 N–H and O–H groups in total. The summed E-state index contributed by atoms with van der Waals surface area (Å²) < 4.78 is 5.26. The zero-order chi connectivity index (χ0) is 22.1. The molecule has 0 aromatic heterocycles. The van der Waals surface area contributed by atoms with Crippen LogP contribution in [0.3, 0.4) is 0 Å². The van der Waals surface area contributed by atoms with Gasteiger partial charge in [-0.2, -0.15) is 0 Å². The number of hydrogen-bond acceptors (Lipinski definition) is 5. The molecule has 0 unspecified atom stereocenters. The summed E-state index contributed by atoms with van der Waals surface area (Å²) in [5.41, 5.74) is 1.01. The summed E-state index contributed by atoms with van der Waals surface area (Å²) in [5, 5.41) is 6.89. The lowest BCUT2D eigenvalue weighted by atomic mass is 9.83. The summed E-state index contributed by atoms with van der Waals surface area (Å²) in [6.45, 7) is 8.94. The van der Waals surface area contributed by atoms with Crippen molar-refractivity contribution < 1.29 is 24.2 Å². The average molecular weight is 420 g/mol. The fraction of sp³-hybridized carbons (Fsp3) is 0.591. The highest BCUT2D eigenvalue weighted by atomic mass is 16.5. The van der Waals surface area contributed by atoms with Gasteiger partial charge in [-0.1, -0.05) is 19.1 Å². The number of carboxylic acid groups (broad SMARTS) is 1. The molecule has 0 bridgehead atoms. The molecule has 2 heterocycles. The number of ether oxygens (including phenoxy) is 1. The second-order valence-corrected chi connectivity index (χ2v) is 7.41. The van der Waals surface area contributed by atoms with Crippen LogP contribution in [0.4, 0.5) is 0 Å². The van der Waals surface area contributed by atoms with Gasteiger partial charge in [0.2, 0.25) is 11.8 Å². The van der Waals surface area contributed by atoms with Gasteiger partial charge >= 0.3 is 0 Å². The van der Waals surface area contributed by atoms with E-state index in [2.05, 4.69) is 11.8 Å². The normalized spacial score (nSPS) is 22.2. The first kappa shape index (κ1) is 23.7. The molecule has 1 aromatic rings. The van der Waals surface area contributed by atoms with Gasteiger partial charge < -0.3 is 24.5 Å². The Morgan fingerprint density at radius 1 is 1.13 bits per heavy atom. The molecule has 0 radical (unpaired) electrons. The van der Waals surface area contributed by atoms with Crippen molar-refractivity contribution in [3.8, 4) is 5.75 Å². The molecule has 0 aliphatic carbocycles. The fourth-order valence-electron chi connectivity index (χ4n) is 4.32. The summed E-state index contributed by atoms with van der Waals surface area (Å²) >= 11 is 0. The van der Waals surface area contributed by atoms with E-state index >= 15 is 0 Å². The Hall–Kier alpha value is -2.61. The van der Waals surface area contributed by atoms with Crippen molar-refractivity contribution in [2.45, 2.75) is 32.7 Å². The summed E-state index contributed by atoms with van der Waals surface area (Å²) in [5.74, 6) is 0.933. The van der Waals surface area contributed by atoms with Crippen molar-refractivity contribution in [3.63, 3.8) is 0 Å². The first-order chi connectivity index (χ1) is 14.5. The number of benzene rings is 1. The predicted molar refractivity (Wildman–Crippen MR) is 113 cm³/mol. The summed E-state index contributed by atoms with van der Waals surface area (Å²) in [4.78, 5) is 40.5. The van der Waals surface area contributed by atoms with Gasteiger partial charge in [-0.05, 0) is 37.6 Å². The van der Waals surface area contributed by atoms with Crippen LogP contribution in [0.5, 0.6) is 5.75 Å². The van der Waals surface area contributed by atoms with Crippen molar-refractivity contribution in [2.24, 2.45) is 5.92 Å². The van der Waals surface area contributed by atoms with E-state index in [9.17, 15) is 9.59 Å². The first-order valence-corrected chi connectivity index (χ1v) is 10.5. The molecule has 0 saturated carbocycles. The van der Waals surface area contributed by atoms with Crippen LogP contribution in [0, 0.1) is 5.92 Å². The van der Waals surface area contributed by atoms with E-state index in [0.29, 0.717) is 19.4 Å². The Labute approximate surface area is 178 Å². The van der Waals surface area contributed by atoms with Gasteiger partial charge in [-0.25, -0.2) is 0 Å². The van der Waals surface area contributed by atoms with E-state index in [4.69, 9.17) is 14.6 Å². The minimum Gasteiger partial charge on any atom is -0.497 e. The van der Waals surface area contributed by atoms with Gasteiger partial charge in [-0.15, -0.1) is 0 Å². The molecule has 2 fully saturated rings. The highest BCUT2D eigenvalue weighted by Crippen LogP contribution is 2.38. The number of piperidine rings is 1. The number of hydrogen-bond donors (Lipinski definition) is 1. The van der Waals surface area contributed by atoms with Crippen LogP contribution in [0.1, 0.15) is 38.3 Å². The van der Waals surface area contributed by atoms with Crippen LogP contribution in [0.15, 0.2) is 24.3 Å². The standard InChI is InChI=1S/C21H31N3O3.CH2O2/c1-4-22-12-14-23(15-13-22)21(26)18-10-11-19(25)24(5-2)20(18)16-6-8-17(27-3)9-7-16;2-1-3/h6-9,18,20H,4-5,10-15H2,1-3H3;1H,(H,2,3)/t18-,20+;/m1./s1. The van der Waals surface area contributed by atoms with Crippen molar-refractivity contribution in [3.05, 3.63) is 29.8 Å². The van der Waals surface area contributed by atoms with Gasteiger partial charge in [0.05, 0.1) is 19.1 Å². The Bertz CT molecular complexity index is 701. The number of likely N-dealkylation sites (tertiary alicyclic amines) is 1.